The van der Waals surface area contributed by atoms with E-state index in [4.69, 9.17) is 10.5 Å². The molecular weight excluding hydrogens is 1020 g/mol. The van der Waals surface area contributed by atoms with Gasteiger partial charge in [0.1, 0.15) is 60.5 Å². The number of aliphatic hydroxyl groups excluding tert-OH is 3. The van der Waals surface area contributed by atoms with E-state index in [2.05, 4.69) is 54.8 Å². The summed E-state index contributed by atoms with van der Waals surface area (Å²) in [7, 11) is 0. The number of cyclic esters (lactones) is 1. The number of ether oxygens (including phenoxy) is 1. The van der Waals surface area contributed by atoms with Crippen LogP contribution in [0.4, 0.5) is 0 Å². The molecule has 25 heteroatoms. The van der Waals surface area contributed by atoms with E-state index in [1.165, 1.54) is 20.8 Å². The lowest BCUT2D eigenvalue weighted by Crippen LogP contribution is -2.63. The van der Waals surface area contributed by atoms with Crippen LogP contribution in [0.15, 0.2) is 0 Å². The molecule has 10 amide bonds. The van der Waals surface area contributed by atoms with E-state index in [0.29, 0.717) is 12.8 Å². The van der Waals surface area contributed by atoms with Crippen LogP contribution < -0.4 is 53.6 Å². The van der Waals surface area contributed by atoms with Crippen molar-refractivity contribution < 1.29 is 72.8 Å². The van der Waals surface area contributed by atoms with Crippen molar-refractivity contribution in [3.63, 3.8) is 0 Å². The number of carbonyl (C=O) groups is 11. The zero-order valence-corrected chi connectivity index (χ0v) is 48.0. The van der Waals surface area contributed by atoms with Gasteiger partial charge in [0.25, 0.3) is 0 Å². The highest BCUT2D eigenvalue weighted by molar-refractivity contribution is 5.99. The molecule has 78 heavy (non-hydrogen) atoms. The minimum absolute atomic E-state index is 0.00534. The molecule has 1 aliphatic heterocycles. The third-order valence-corrected chi connectivity index (χ3v) is 12.9. The highest BCUT2D eigenvalue weighted by Gasteiger charge is 2.40. The number of hydrogen-bond acceptors (Lipinski definition) is 15. The van der Waals surface area contributed by atoms with Gasteiger partial charge in [-0.2, -0.15) is 0 Å². The Bertz CT molecular complexity index is 2000. The summed E-state index contributed by atoms with van der Waals surface area (Å²) >= 11 is 0. The molecule has 0 aliphatic carbocycles. The molecule has 0 radical (unpaired) electrons. The van der Waals surface area contributed by atoms with E-state index in [9.17, 15) is 68.1 Å². The molecule has 1 heterocycles. The van der Waals surface area contributed by atoms with Gasteiger partial charge in [-0.05, 0) is 68.6 Å². The fourth-order valence-electron chi connectivity index (χ4n) is 8.46. The Morgan fingerprint density at radius 1 is 0.577 bits per heavy atom. The van der Waals surface area contributed by atoms with Crippen molar-refractivity contribution in [3.8, 4) is 0 Å². The Kier molecular flexibility index (Phi) is 31.9. The Morgan fingerprint density at radius 2 is 1.05 bits per heavy atom. The summed E-state index contributed by atoms with van der Waals surface area (Å²) in [6, 6.07) is -13.9. The van der Waals surface area contributed by atoms with Crippen LogP contribution in [-0.4, -0.2) is 160 Å². The predicted molar refractivity (Wildman–Crippen MR) is 288 cm³/mol. The molecule has 0 aromatic carbocycles. The zero-order chi connectivity index (χ0) is 59.6. The van der Waals surface area contributed by atoms with Crippen LogP contribution in [-0.2, 0) is 57.5 Å². The average Bonchev–Trinajstić information content (AvgIpc) is 3.33. The summed E-state index contributed by atoms with van der Waals surface area (Å²) < 4.78 is 5.78. The second-order valence-electron chi connectivity index (χ2n) is 22.3. The number of primary amides is 1. The molecule has 0 spiro atoms. The lowest BCUT2D eigenvalue weighted by Gasteiger charge is -2.32. The molecule has 14 N–H and O–H groups in total. The van der Waals surface area contributed by atoms with Gasteiger partial charge in [0.2, 0.25) is 59.1 Å². The van der Waals surface area contributed by atoms with Crippen LogP contribution >= 0.6 is 0 Å². The van der Waals surface area contributed by atoms with Crippen molar-refractivity contribution >= 4 is 65.0 Å². The number of rotatable bonds is 26. The quantitative estimate of drug-likeness (QED) is 0.0369. The van der Waals surface area contributed by atoms with Crippen molar-refractivity contribution in [1.29, 1.82) is 0 Å². The maximum atomic E-state index is 14.6. The number of unbranched alkanes of at least 4 members (excludes halogenated alkanes) is 4. The lowest BCUT2D eigenvalue weighted by atomic mass is 9.98. The molecular formula is C53H94N10O15. The summed E-state index contributed by atoms with van der Waals surface area (Å²) in [4.78, 5) is 152. The standard InChI is InChI=1S/C53H94N10O15/c1-13-14-15-16-17-18-33(66)24-41(68)55-35(21-27(2)3)46(70)56-34(19-20-40(54)67)45(69)63-44-32(12)78-53(77)43(31(10)11)62-50(74)39(26-65)60-47(71)36(22-28(4)5)57-49(73)38(25-64)59-48(72)37(23-29(6)7)58-51(75)42(30(8)9)61-52(44)76/h27-39,42-44,64-66H,13-26H2,1-12H3,(H2,54,67)(H,55,68)(H,56,70)(H,57,73)(H,58,75)(H,59,72)(H,60,71)(H,61,76)(H,62,74)(H,63,69)/t32-,33-,34-,35?,36+,37-,38-,39-,42-,43+,44-/m1/s1. The van der Waals surface area contributed by atoms with Crippen molar-refractivity contribution in [3.05, 3.63) is 0 Å². The fraction of sp³-hybridized carbons (Fsp3) is 0.792. The van der Waals surface area contributed by atoms with Crippen molar-refractivity contribution in [2.75, 3.05) is 13.2 Å². The van der Waals surface area contributed by atoms with Crippen LogP contribution in [0.3, 0.4) is 0 Å². The number of esters is 1. The Hall–Kier alpha value is -5.95. The molecule has 1 unspecified atom stereocenters. The van der Waals surface area contributed by atoms with Crippen LogP contribution in [0, 0.1) is 29.6 Å². The first kappa shape index (κ1) is 70.1. The van der Waals surface area contributed by atoms with Crippen LogP contribution in [0.25, 0.3) is 0 Å². The highest BCUT2D eigenvalue weighted by Crippen LogP contribution is 2.16. The topological polar surface area (TPSA) is 392 Å². The summed E-state index contributed by atoms with van der Waals surface area (Å²) in [6.07, 6.45) is 1.30. The highest BCUT2D eigenvalue weighted by atomic mass is 16.5. The van der Waals surface area contributed by atoms with E-state index in [0.717, 1.165) is 25.7 Å². The number of amides is 10. The van der Waals surface area contributed by atoms with Gasteiger partial charge in [-0.1, -0.05) is 108 Å². The summed E-state index contributed by atoms with van der Waals surface area (Å²) in [6.45, 7) is 18.1. The van der Waals surface area contributed by atoms with Crippen LogP contribution in [0.5, 0.6) is 0 Å². The minimum atomic E-state index is -1.92. The number of nitrogens with one attached hydrogen (secondary N) is 9. The van der Waals surface area contributed by atoms with Gasteiger partial charge in [-0.3, -0.25) is 47.9 Å². The number of nitrogens with two attached hydrogens (primary N) is 1. The third-order valence-electron chi connectivity index (χ3n) is 12.9. The Balaban J connectivity index is 3.95. The maximum Gasteiger partial charge on any atom is 0.329 e. The summed E-state index contributed by atoms with van der Waals surface area (Å²) in [5.41, 5.74) is 5.48. The van der Waals surface area contributed by atoms with Crippen molar-refractivity contribution in [1.82, 2.24) is 47.9 Å². The fourth-order valence-corrected chi connectivity index (χ4v) is 8.46. The van der Waals surface area contributed by atoms with Gasteiger partial charge < -0.3 is 73.6 Å². The molecule has 25 nitrogen and oxygen atoms in total. The number of aliphatic hydroxyl groups is 3. The predicted octanol–water partition coefficient (Wildman–Crippen LogP) is -0.893. The van der Waals surface area contributed by atoms with Gasteiger partial charge in [-0.15, -0.1) is 0 Å². The smallest absolute Gasteiger partial charge is 0.329 e. The molecule has 0 aromatic rings. The normalized spacial score (nSPS) is 23.8. The molecule has 446 valence electrons. The first-order valence-electron chi connectivity index (χ1n) is 27.6. The van der Waals surface area contributed by atoms with Crippen LogP contribution in [0.1, 0.15) is 160 Å². The minimum Gasteiger partial charge on any atom is -0.458 e. The second-order valence-corrected chi connectivity index (χ2v) is 22.3. The Labute approximate surface area is 459 Å². The largest absolute Gasteiger partial charge is 0.458 e. The van der Waals surface area contributed by atoms with Gasteiger partial charge >= 0.3 is 5.97 Å². The summed E-state index contributed by atoms with van der Waals surface area (Å²) in [5, 5.41) is 53.8. The SMILES string of the molecule is CCCCCCC[C@@H](O)CC(=O)NC(CC(C)C)C(=O)N[C@H](CCC(N)=O)C(=O)N[C@H]1C(=O)N[C@H](C(C)C)C(=O)N[C@H](CC(C)C)C(=O)N[C@H](CO)C(=O)N[C@@H](CC(C)C)C(=O)N[C@H](CO)C(=O)N[C@@H](C(C)C)C(=O)O[C@@H]1C. The molecule has 0 saturated carbocycles. The average molecular weight is 1110 g/mol. The first-order chi connectivity index (χ1) is 36.4. The van der Waals surface area contributed by atoms with Gasteiger partial charge in [-0.25, -0.2) is 4.79 Å². The van der Waals surface area contributed by atoms with E-state index in [1.54, 1.807) is 55.4 Å². The molecule has 1 saturated heterocycles. The summed E-state index contributed by atoms with van der Waals surface area (Å²) in [5.74, 6) is -12.7. The number of hydrogen-bond donors (Lipinski definition) is 13. The van der Waals surface area contributed by atoms with Gasteiger partial charge in [0.15, 0.2) is 0 Å². The third kappa shape index (κ3) is 25.7. The number of carbonyl (C=O) groups excluding carboxylic acids is 11. The molecule has 0 aromatic heterocycles. The molecule has 1 aliphatic rings. The van der Waals surface area contributed by atoms with E-state index >= 15 is 0 Å². The van der Waals surface area contributed by atoms with E-state index in [-0.39, 0.29) is 43.4 Å². The second kappa shape index (κ2) is 35.5. The van der Waals surface area contributed by atoms with Crippen molar-refractivity contribution in [2.24, 2.45) is 35.3 Å². The molecule has 1 rings (SSSR count). The monoisotopic (exact) mass is 1110 g/mol. The van der Waals surface area contributed by atoms with E-state index < -0.39 is 170 Å². The zero-order valence-electron chi connectivity index (χ0n) is 48.0. The first-order valence-corrected chi connectivity index (χ1v) is 27.6. The van der Waals surface area contributed by atoms with Crippen LogP contribution in [0.2, 0.25) is 0 Å². The van der Waals surface area contributed by atoms with Gasteiger partial charge in [0, 0.05) is 6.42 Å². The van der Waals surface area contributed by atoms with E-state index in [1.807, 2.05) is 0 Å². The molecule has 0 bridgehead atoms. The Morgan fingerprint density at radius 3 is 1.53 bits per heavy atom. The molecule has 1 fully saturated rings. The molecule has 11 atom stereocenters. The maximum absolute atomic E-state index is 14.6. The lowest BCUT2D eigenvalue weighted by molar-refractivity contribution is -0.157. The van der Waals surface area contributed by atoms with Crippen molar-refractivity contribution in [2.45, 2.75) is 227 Å². The van der Waals surface area contributed by atoms with Gasteiger partial charge in [0.05, 0.1) is 25.7 Å².